The molecule has 0 aliphatic rings. The van der Waals surface area contributed by atoms with Crippen LogP contribution in [0.2, 0.25) is 5.02 Å². The van der Waals surface area contributed by atoms with E-state index in [2.05, 4.69) is 10.6 Å². The van der Waals surface area contributed by atoms with Gasteiger partial charge in [-0.1, -0.05) is 31.5 Å². The van der Waals surface area contributed by atoms with Crippen molar-refractivity contribution in [1.29, 1.82) is 0 Å². The molecule has 0 saturated carbocycles. The predicted molar refractivity (Wildman–Crippen MR) is 111 cm³/mol. The van der Waals surface area contributed by atoms with Crippen LogP contribution >= 0.6 is 11.6 Å². The summed E-state index contributed by atoms with van der Waals surface area (Å²) in [5.74, 6) is -0.866. The number of anilines is 2. The molecule has 0 heterocycles. The molecule has 0 aliphatic heterocycles. The molecule has 0 atom stereocenters. The highest BCUT2D eigenvalue weighted by Gasteiger charge is 2.14. The quantitative estimate of drug-likeness (QED) is 0.630. The summed E-state index contributed by atoms with van der Waals surface area (Å²) < 4.78 is 13.2. The smallest absolute Gasteiger partial charge is 0.253 e. The third-order valence-corrected chi connectivity index (χ3v) is 4.33. The molecule has 0 bridgehead atoms. The summed E-state index contributed by atoms with van der Waals surface area (Å²) in [5, 5.41) is 5.59. The summed E-state index contributed by atoms with van der Waals surface area (Å²) in [7, 11) is 0. The molecular weight excluding hydrogens is 381 g/mol. The van der Waals surface area contributed by atoms with Crippen LogP contribution in [0.1, 0.15) is 37.0 Å². The number of nitrogens with zero attached hydrogens (tertiary/aromatic N) is 1. The normalized spacial score (nSPS) is 10.4. The van der Waals surface area contributed by atoms with Gasteiger partial charge in [-0.05, 0) is 49.2 Å². The first kappa shape index (κ1) is 21.7. The van der Waals surface area contributed by atoms with Crippen LogP contribution in [0, 0.1) is 5.82 Å². The van der Waals surface area contributed by atoms with E-state index in [9.17, 15) is 14.0 Å². The average Bonchev–Trinajstić information content (AvgIpc) is 2.69. The van der Waals surface area contributed by atoms with Crippen molar-refractivity contribution in [1.82, 2.24) is 4.90 Å². The lowest BCUT2D eigenvalue weighted by Crippen LogP contribution is -2.32. The molecule has 5 nitrogen and oxygen atoms in total. The van der Waals surface area contributed by atoms with E-state index in [4.69, 9.17) is 11.6 Å². The Kier molecular flexibility index (Phi) is 8.26. The minimum atomic E-state index is -0.542. The van der Waals surface area contributed by atoms with Gasteiger partial charge in [0, 0.05) is 30.0 Å². The fourth-order valence-corrected chi connectivity index (χ4v) is 2.94. The fourth-order valence-electron chi connectivity index (χ4n) is 2.76. The second kappa shape index (κ2) is 10.7. The maximum atomic E-state index is 13.2. The van der Waals surface area contributed by atoms with Crippen molar-refractivity contribution in [3.8, 4) is 0 Å². The Bertz CT molecular complexity index is 823. The van der Waals surface area contributed by atoms with Crippen molar-refractivity contribution < 1.29 is 14.0 Å². The zero-order valence-electron chi connectivity index (χ0n) is 16.1. The van der Waals surface area contributed by atoms with Crippen molar-refractivity contribution in [2.24, 2.45) is 0 Å². The van der Waals surface area contributed by atoms with Crippen molar-refractivity contribution >= 4 is 34.8 Å². The van der Waals surface area contributed by atoms with E-state index in [1.54, 1.807) is 24.3 Å². The molecule has 0 radical (unpaired) electrons. The number of benzene rings is 2. The summed E-state index contributed by atoms with van der Waals surface area (Å²) >= 11 is 5.71. The lowest BCUT2D eigenvalue weighted by molar-refractivity contribution is -0.114. The molecule has 2 amide bonds. The average molecular weight is 406 g/mol. The third-order valence-electron chi connectivity index (χ3n) is 4.04. The molecule has 0 fully saturated rings. The number of nitrogens with one attached hydrogen (secondary N) is 2. The second-order valence-electron chi connectivity index (χ2n) is 6.40. The van der Waals surface area contributed by atoms with Crippen LogP contribution in [-0.4, -0.2) is 36.3 Å². The van der Waals surface area contributed by atoms with E-state index in [0.717, 1.165) is 12.8 Å². The summed E-state index contributed by atoms with van der Waals surface area (Å²) in [4.78, 5) is 26.6. The highest BCUT2D eigenvalue weighted by Crippen LogP contribution is 2.19. The second-order valence-corrected chi connectivity index (χ2v) is 6.81. The first-order chi connectivity index (χ1) is 13.4. The Hall–Kier alpha value is -2.60. The van der Waals surface area contributed by atoms with Crippen LogP contribution in [0.25, 0.3) is 0 Å². The Labute approximate surface area is 169 Å². The van der Waals surface area contributed by atoms with Crippen LogP contribution in [0.4, 0.5) is 15.8 Å². The molecule has 2 aromatic carbocycles. The van der Waals surface area contributed by atoms with Gasteiger partial charge in [0.25, 0.3) is 5.91 Å². The maximum Gasteiger partial charge on any atom is 0.253 e. The monoisotopic (exact) mass is 405 g/mol. The van der Waals surface area contributed by atoms with Gasteiger partial charge in [-0.25, -0.2) is 4.39 Å². The van der Waals surface area contributed by atoms with Gasteiger partial charge in [-0.3, -0.25) is 9.59 Å². The summed E-state index contributed by atoms with van der Waals surface area (Å²) in [5.41, 5.74) is 1.67. The van der Waals surface area contributed by atoms with Crippen molar-refractivity contribution in [2.45, 2.75) is 26.7 Å². The van der Waals surface area contributed by atoms with E-state index < -0.39 is 5.82 Å². The van der Waals surface area contributed by atoms with Gasteiger partial charge in [0.2, 0.25) is 5.91 Å². The van der Waals surface area contributed by atoms with Gasteiger partial charge >= 0.3 is 0 Å². The van der Waals surface area contributed by atoms with Crippen LogP contribution in [0.5, 0.6) is 0 Å². The summed E-state index contributed by atoms with van der Waals surface area (Å²) in [6, 6.07) is 11.1. The van der Waals surface area contributed by atoms with E-state index in [1.807, 2.05) is 18.7 Å². The Balaban J connectivity index is 1.97. The lowest BCUT2D eigenvalue weighted by atomic mass is 10.1. The molecule has 0 aliphatic carbocycles. The van der Waals surface area contributed by atoms with E-state index >= 15 is 0 Å². The summed E-state index contributed by atoms with van der Waals surface area (Å²) in [6.45, 7) is 5.52. The molecule has 150 valence electrons. The molecule has 28 heavy (non-hydrogen) atoms. The Morgan fingerprint density at radius 2 is 1.75 bits per heavy atom. The number of carbonyl (C=O) groups is 2. The number of hydrogen-bond donors (Lipinski definition) is 2. The van der Waals surface area contributed by atoms with Crippen molar-refractivity contribution in [3.63, 3.8) is 0 Å². The number of halogens is 2. The van der Waals surface area contributed by atoms with Crippen molar-refractivity contribution in [3.05, 3.63) is 58.9 Å². The van der Waals surface area contributed by atoms with Gasteiger partial charge in [0.1, 0.15) is 5.82 Å². The molecule has 2 rings (SSSR count). The molecule has 0 spiro atoms. The highest BCUT2D eigenvalue weighted by atomic mass is 35.5. The van der Waals surface area contributed by atoms with Crippen LogP contribution < -0.4 is 10.6 Å². The van der Waals surface area contributed by atoms with Crippen molar-refractivity contribution in [2.75, 3.05) is 30.3 Å². The largest absolute Gasteiger partial charge is 0.376 e. The predicted octanol–water partition coefficient (Wildman–Crippen LogP) is 4.79. The lowest BCUT2D eigenvalue weighted by Gasteiger charge is -2.21. The van der Waals surface area contributed by atoms with Crippen LogP contribution in [0.3, 0.4) is 0 Å². The standard InChI is InChI=1S/C21H25ClFN3O2/c1-3-10-26(11-4-2)21(28)15-6-5-7-16(12-15)24-14-20(27)25-17-8-9-19(23)18(22)13-17/h5-9,12-13,24H,3-4,10-11,14H2,1-2H3,(H,25,27). The SMILES string of the molecule is CCCN(CCC)C(=O)c1cccc(NCC(=O)Nc2ccc(F)c(Cl)c2)c1. The number of hydrogen-bond acceptors (Lipinski definition) is 3. The van der Waals surface area contributed by atoms with E-state index in [0.29, 0.717) is 30.0 Å². The first-order valence-corrected chi connectivity index (χ1v) is 9.70. The molecule has 2 aromatic rings. The van der Waals surface area contributed by atoms with Gasteiger partial charge in [0.15, 0.2) is 0 Å². The summed E-state index contributed by atoms with van der Waals surface area (Å²) in [6.07, 6.45) is 1.80. The van der Waals surface area contributed by atoms with Gasteiger partial charge < -0.3 is 15.5 Å². The molecule has 0 unspecified atom stereocenters. The number of amides is 2. The number of rotatable bonds is 9. The zero-order chi connectivity index (χ0) is 20.5. The zero-order valence-corrected chi connectivity index (χ0v) is 16.9. The highest BCUT2D eigenvalue weighted by molar-refractivity contribution is 6.31. The van der Waals surface area contributed by atoms with E-state index in [1.165, 1.54) is 18.2 Å². The first-order valence-electron chi connectivity index (χ1n) is 9.32. The molecule has 2 N–H and O–H groups in total. The van der Waals surface area contributed by atoms with Gasteiger partial charge in [-0.15, -0.1) is 0 Å². The minimum absolute atomic E-state index is 0.000271. The topological polar surface area (TPSA) is 61.4 Å². The molecular formula is C21H25ClFN3O2. The van der Waals surface area contributed by atoms with Crippen LogP contribution in [0.15, 0.2) is 42.5 Å². The fraction of sp³-hybridized carbons (Fsp3) is 0.333. The molecule has 0 aromatic heterocycles. The number of carbonyl (C=O) groups excluding carboxylic acids is 2. The minimum Gasteiger partial charge on any atom is -0.376 e. The van der Waals surface area contributed by atoms with Gasteiger partial charge in [-0.2, -0.15) is 0 Å². The van der Waals surface area contributed by atoms with E-state index in [-0.39, 0.29) is 23.4 Å². The van der Waals surface area contributed by atoms with Gasteiger partial charge in [0.05, 0.1) is 11.6 Å². The molecule has 0 saturated heterocycles. The molecule has 7 heteroatoms. The third kappa shape index (κ3) is 6.23. The maximum absolute atomic E-state index is 13.2. The van der Waals surface area contributed by atoms with Crippen LogP contribution in [-0.2, 0) is 4.79 Å². The Morgan fingerprint density at radius 3 is 2.39 bits per heavy atom. The Morgan fingerprint density at radius 1 is 1.04 bits per heavy atom.